The topological polar surface area (TPSA) is 64.6 Å². The highest BCUT2D eigenvalue weighted by molar-refractivity contribution is 9.10. The monoisotopic (exact) mass is 363 g/mol. The first-order valence-corrected chi connectivity index (χ1v) is 7.17. The lowest BCUT2D eigenvalue weighted by molar-refractivity contribution is 0.0602. The van der Waals surface area contributed by atoms with Crippen molar-refractivity contribution >= 4 is 33.5 Å². The number of hydrogen-bond acceptors (Lipinski definition) is 4. The maximum Gasteiger partial charge on any atom is 0.340 e. The fourth-order valence-electron chi connectivity index (χ4n) is 1.84. The standard InChI is InChI=1S/C16H14BrNO4/c1-21-12-6-3-10(4-7-12)15(19)18-14-8-5-11(17)9-13(14)16(20)22-2/h3-9H,1-2H3,(H,18,19). The Balaban J connectivity index is 2.25. The summed E-state index contributed by atoms with van der Waals surface area (Å²) in [7, 11) is 2.85. The van der Waals surface area contributed by atoms with Gasteiger partial charge >= 0.3 is 5.97 Å². The van der Waals surface area contributed by atoms with Gasteiger partial charge in [0.1, 0.15) is 5.75 Å². The average Bonchev–Trinajstić information content (AvgIpc) is 2.55. The molecular formula is C16H14BrNO4. The Labute approximate surface area is 136 Å². The maximum absolute atomic E-state index is 12.2. The lowest BCUT2D eigenvalue weighted by Crippen LogP contribution is -2.15. The number of esters is 1. The quantitative estimate of drug-likeness (QED) is 0.844. The zero-order valence-electron chi connectivity index (χ0n) is 12.1. The van der Waals surface area contributed by atoms with Crippen LogP contribution in [0.5, 0.6) is 5.75 Å². The number of carbonyl (C=O) groups excluding carboxylic acids is 2. The number of methoxy groups -OCH3 is 2. The molecule has 0 fully saturated rings. The normalized spacial score (nSPS) is 9.95. The van der Waals surface area contributed by atoms with Crippen LogP contribution in [-0.4, -0.2) is 26.1 Å². The summed E-state index contributed by atoms with van der Waals surface area (Å²) < 4.78 is 10.5. The van der Waals surface area contributed by atoms with Crippen LogP contribution in [0.15, 0.2) is 46.9 Å². The highest BCUT2D eigenvalue weighted by Crippen LogP contribution is 2.23. The molecule has 2 rings (SSSR count). The van der Waals surface area contributed by atoms with E-state index in [1.807, 2.05) is 0 Å². The second kappa shape index (κ2) is 7.09. The van der Waals surface area contributed by atoms with Crippen molar-refractivity contribution in [2.75, 3.05) is 19.5 Å². The van der Waals surface area contributed by atoms with Crippen LogP contribution in [0.2, 0.25) is 0 Å². The van der Waals surface area contributed by atoms with Crippen molar-refractivity contribution in [3.8, 4) is 5.75 Å². The fourth-order valence-corrected chi connectivity index (χ4v) is 2.20. The van der Waals surface area contributed by atoms with Gasteiger partial charge in [-0.2, -0.15) is 0 Å². The van der Waals surface area contributed by atoms with E-state index in [0.29, 0.717) is 17.0 Å². The van der Waals surface area contributed by atoms with Crippen LogP contribution >= 0.6 is 15.9 Å². The first-order chi connectivity index (χ1) is 10.5. The van der Waals surface area contributed by atoms with Gasteiger partial charge in [-0.25, -0.2) is 4.79 Å². The van der Waals surface area contributed by atoms with E-state index >= 15 is 0 Å². The van der Waals surface area contributed by atoms with Crippen LogP contribution in [0.3, 0.4) is 0 Å². The number of anilines is 1. The number of nitrogens with one attached hydrogen (secondary N) is 1. The molecule has 6 heteroatoms. The molecule has 22 heavy (non-hydrogen) atoms. The molecule has 0 saturated carbocycles. The van der Waals surface area contributed by atoms with E-state index in [-0.39, 0.29) is 11.5 Å². The number of halogens is 1. The van der Waals surface area contributed by atoms with Gasteiger partial charge in [0, 0.05) is 10.0 Å². The van der Waals surface area contributed by atoms with Gasteiger partial charge in [0.05, 0.1) is 25.5 Å². The third kappa shape index (κ3) is 3.65. The van der Waals surface area contributed by atoms with Gasteiger partial charge in [-0.15, -0.1) is 0 Å². The molecule has 0 aromatic heterocycles. The van der Waals surface area contributed by atoms with Crippen molar-refractivity contribution in [3.63, 3.8) is 0 Å². The average molecular weight is 364 g/mol. The van der Waals surface area contributed by atoms with E-state index in [2.05, 4.69) is 21.2 Å². The van der Waals surface area contributed by atoms with Crippen molar-refractivity contribution < 1.29 is 19.1 Å². The summed E-state index contributed by atoms with van der Waals surface area (Å²) in [6, 6.07) is 11.6. The second-order valence-electron chi connectivity index (χ2n) is 4.36. The van der Waals surface area contributed by atoms with E-state index < -0.39 is 5.97 Å². The molecule has 114 valence electrons. The van der Waals surface area contributed by atoms with Gasteiger partial charge < -0.3 is 14.8 Å². The zero-order valence-corrected chi connectivity index (χ0v) is 13.6. The minimum absolute atomic E-state index is 0.277. The van der Waals surface area contributed by atoms with Crippen LogP contribution in [0, 0.1) is 0 Å². The third-order valence-corrected chi connectivity index (χ3v) is 3.48. The summed E-state index contributed by atoms with van der Waals surface area (Å²) in [6.07, 6.45) is 0. The van der Waals surface area contributed by atoms with Gasteiger partial charge in [-0.1, -0.05) is 15.9 Å². The highest BCUT2D eigenvalue weighted by Gasteiger charge is 2.15. The van der Waals surface area contributed by atoms with Crippen LogP contribution < -0.4 is 10.1 Å². The van der Waals surface area contributed by atoms with E-state index in [4.69, 9.17) is 9.47 Å². The van der Waals surface area contributed by atoms with E-state index in [1.54, 1.807) is 49.6 Å². The molecule has 1 amide bonds. The molecular weight excluding hydrogens is 350 g/mol. The Hall–Kier alpha value is -2.34. The molecule has 0 saturated heterocycles. The molecule has 0 spiro atoms. The van der Waals surface area contributed by atoms with Gasteiger partial charge in [0.2, 0.25) is 0 Å². The summed E-state index contributed by atoms with van der Waals surface area (Å²) in [5, 5.41) is 2.71. The Morgan fingerprint density at radius 2 is 1.73 bits per heavy atom. The third-order valence-electron chi connectivity index (χ3n) is 2.99. The van der Waals surface area contributed by atoms with Gasteiger partial charge in [0.15, 0.2) is 0 Å². The van der Waals surface area contributed by atoms with Gasteiger partial charge in [-0.3, -0.25) is 4.79 Å². The van der Waals surface area contributed by atoms with E-state index in [1.165, 1.54) is 7.11 Å². The van der Waals surface area contributed by atoms with Crippen LogP contribution in [0.25, 0.3) is 0 Å². The number of hydrogen-bond donors (Lipinski definition) is 1. The number of amides is 1. The van der Waals surface area contributed by atoms with Crippen LogP contribution in [0.4, 0.5) is 5.69 Å². The molecule has 0 radical (unpaired) electrons. The Kier molecular flexibility index (Phi) is 5.16. The molecule has 0 aliphatic heterocycles. The zero-order chi connectivity index (χ0) is 16.1. The predicted molar refractivity (Wildman–Crippen MR) is 86.4 cm³/mol. The van der Waals surface area contributed by atoms with E-state index in [9.17, 15) is 9.59 Å². The first kappa shape index (κ1) is 16.0. The summed E-state index contributed by atoms with van der Waals surface area (Å²) >= 11 is 3.29. The second-order valence-corrected chi connectivity index (χ2v) is 5.28. The molecule has 1 N–H and O–H groups in total. The lowest BCUT2D eigenvalue weighted by Gasteiger charge is -2.10. The largest absolute Gasteiger partial charge is 0.497 e. The van der Waals surface area contributed by atoms with Gasteiger partial charge in [-0.05, 0) is 42.5 Å². The molecule has 0 heterocycles. The molecule has 0 bridgehead atoms. The van der Waals surface area contributed by atoms with Crippen molar-refractivity contribution in [1.82, 2.24) is 0 Å². The highest BCUT2D eigenvalue weighted by atomic mass is 79.9. The number of carbonyl (C=O) groups is 2. The molecule has 0 unspecified atom stereocenters. The summed E-state index contributed by atoms with van der Waals surface area (Å²) in [5.74, 6) is -0.183. The minimum atomic E-state index is -0.522. The molecule has 0 aliphatic carbocycles. The Morgan fingerprint density at radius 1 is 1.05 bits per heavy atom. The first-order valence-electron chi connectivity index (χ1n) is 6.38. The Bertz CT molecular complexity index is 698. The number of benzene rings is 2. The van der Waals surface area contributed by atoms with Crippen LogP contribution in [0.1, 0.15) is 20.7 Å². The summed E-state index contributed by atoms with van der Waals surface area (Å²) in [4.78, 5) is 24.0. The molecule has 0 aliphatic rings. The minimum Gasteiger partial charge on any atom is -0.497 e. The van der Waals surface area contributed by atoms with E-state index in [0.717, 1.165) is 4.47 Å². The van der Waals surface area contributed by atoms with Crippen LogP contribution in [-0.2, 0) is 4.74 Å². The molecule has 5 nitrogen and oxygen atoms in total. The summed E-state index contributed by atoms with van der Waals surface area (Å²) in [5.41, 5.74) is 1.12. The van der Waals surface area contributed by atoms with Crippen molar-refractivity contribution in [3.05, 3.63) is 58.1 Å². The maximum atomic E-state index is 12.2. The number of rotatable bonds is 4. The lowest BCUT2D eigenvalue weighted by atomic mass is 10.1. The smallest absolute Gasteiger partial charge is 0.340 e. The van der Waals surface area contributed by atoms with Gasteiger partial charge in [0.25, 0.3) is 5.91 Å². The van der Waals surface area contributed by atoms with Crippen molar-refractivity contribution in [2.45, 2.75) is 0 Å². The van der Waals surface area contributed by atoms with Crippen molar-refractivity contribution in [2.24, 2.45) is 0 Å². The predicted octanol–water partition coefficient (Wildman–Crippen LogP) is 3.50. The molecule has 0 atom stereocenters. The fraction of sp³-hybridized carbons (Fsp3) is 0.125. The van der Waals surface area contributed by atoms with Crippen molar-refractivity contribution in [1.29, 1.82) is 0 Å². The molecule has 2 aromatic rings. The molecule has 2 aromatic carbocycles. The summed E-state index contributed by atoms with van der Waals surface area (Å²) in [6.45, 7) is 0. The SMILES string of the molecule is COC(=O)c1cc(Br)ccc1NC(=O)c1ccc(OC)cc1. The number of ether oxygens (including phenoxy) is 2. The Morgan fingerprint density at radius 3 is 2.32 bits per heavy atom.